The maximum atomic E-state index is 8.19. The van der Waals surface area contributed by atoms with E-state index < -0.39 is 0 Å². The van der Waals surface area contributed by atoms with Crippen LogP contribution in [-0.2, 0) is 0 Å². The van der Waals surface area contributed by atoms with E-state index >= 15 is 0 Å². The summed E-state index contributed by atoms with van der Waals surface area (Å²) in [5.74, 6) is 0. The normalized spacial score (nSPS) is 13.1. The van der Waals surface area contributed by atoms with Crippen molar-refractivity contribution in [3.8, 4) is 6.07 Å². The van der Waals surface area contributed by atoms with Gasteiger partial charge in [-0.1, -0.05) is 0 Å². The van der Waals surface area contributed by atoms with Crippen LogP contribution < -0.4 is 5.32 Å². The van der Waals surface area contributed by atoms with E-state index in [9.17, 15) is 0 Å². The van der Waals surface area contributed by atoms with Crippen LogP contribution in [-0.4, -0.2) is 38.1 Å². The topological polar surface area (TPSA) is 39.1 Å². The number of likely N-dealkylation sites (N-methyl/N-ethyl adjacent to an activating group) is 1. The van der Waals surface area contributed by atoms with Gasteiger partial charge >= 0.3 is 0 Å². The molecule has 0 aromatic rings. The van der Waals surface area contributed by atoms with Crippen molar-refractivity contribution < 1.29 is 0 Å². The molecule has 1 atom stereocenters. The van der Waals surface area contributed by atoms with Crippen molar-refractivity contribution in [3.05, 3.63) is 0 Å². The lowest BCUT2D eigenvalue weighted by Gasteiger charge is -2.18. The molecule has 0 saturated carbocycles. The van der Waals surface area contributed by atoms with Crippen molar-refractivity contribution in [1.29, 1.82) is 5.26 Å². The maximum Gasteiger partial charge on any atom is 0.0841 e. The minimum atomic E-state index is 0.443. The molecule has 0 bridgehead atoms. The first kappa shape index (κ1) is 9.41. The Hall–Kier alpha value is -0.590. The van der Waals surface area contributed by atoms with Gasteiger partial charge in [-0.2, -0.15) is 5.26 Å². The average Bonchev–Trinajstić information content (AvgIpc) is 1.88. The molecular weight excluding hydrogens is 126 g/mol. The molecule has 0 amide bonds. The molecule has 3 heteroatoms. The van der Waals surface area contributed by atoms with E-state index in [1.54, 1.807) is 0 Å². The summed E-state index contributed by atoms with van der Waals surface area (Å²) in [5.41, 5.74) is 0. The molecule has 0 saturated heterocycles. The van der Waals surface area contributed by atoms with E-state index in [4.69, 9.17) is 5.26 Å². The molecule has 0 radical (unpaired) electrons. The average molecular weight is 141 g/mol. The van der Waals surface area contributed by atoms with E-state index in [0.717, 1.165) is 6.54 Å². The predicted molar refractivity (Wildman–Crippen MR) is 41.6 cm³/mol. The molecule has 0 fully saturated rings. The van der Waals surface area contributed by atoms with Gasteiger partial charge in [-0.05, 0) is 21.0 Å². The van der Waals surface area contributed by atoms with Gasteiger partial charge in [0, 0.05) is 12.6 Å². The third kappa shape index (κ3) is 4.30. The monoisotopic (exact) mass is 141 g/mol. The first-order valence-electron chi connectivity index (χ1n) is 3.42. The Balaban J connectivity index is 3.23. The van der Waals surface area contributed by atoms with Gasteiger partial charge < -0.3 is 10.2 Å². The highest BCUT2D eigenvalue weighted by atomic mass is 15.1. The Morgan fingerprint density at radius 3 is 2.60 bits per heavy atom. The summed E-state index contributed by atoms with van der Waals surface area (Å²) in [5, 5.41) is 11.2. The lowest BCUT2D eigenvalue weighted by Crippen LogP contribution is -2.35. The molecule has 0 aliphatic heterocycles. The number of hydrogen-bond donors (Lipinski definition) is 1. The van der Waals surface area contributed by atoms with Gasteiger partial charge in [0.25, 0.3) is 0 Å². The molecule has 0 aliphatic rings. The zero-order chi connectivity index (χ0) is 7.98. The van der Waals surface area contributed by atoms with Crippen LogP contribution in [0.4, 0.5) is 0 Å². The van der Waals surface area contributed by atoms with Crippen molar-refractivity contribution in [2.45, 2.75) is 13.0 Å². The summed E-state index contributed by atoms with van der Waals surface area (Å²) in [6.45, 7) is 3.43. The number of rotatable bonds is 4. The highest BCUT2D eigenvalue weighted by Crippen LogP contribution is 1.86. The minimum Gasteiger partial charge on any atom is -0.305 e. The molecule has 3 nitrogen and oxygen atoms in total. The summed E-state index contributed by atoms with van der Waals surface area (Å²) >= 11 is 0. The fourth-order valence-electron chi connectivity index (χ4n) is 0.520. The van der Waals surface area contributed by atoms with Crippen molar-refractivity contribution in [2.24, 2.45) is 0 Å². The lowest BCUT2D eigenvalue weighted by atomic mass is 10.3. The van der Waals surface area contributed by atoms with Gasteiger partial charge in [0.1, 0.15) is 0 Å². The minimum absolute atomic E-state index is 0.443. The van der Waals surface area contributed by atoms with E-state index in [1.165, 1.54) is 0 Å². The highest BCUT2D eigenvalue weighted by Gasteiger charge is 2.01. The van der Waals surface area contributed by atoms with E-state index in [1.807, 2.05) is 20.2 Å². The Kier molecular flexibility index (Phi) is 4.91. The van der Waals surface area contributed by atoms with Crippen molar-refractivity contribution in [3.63, 3.8) is 0 Å². The first-order chi connectivity index (χ1) is 4.68. The number of nitriles is 1. The summed E-state index contributed by atoms with van der Waals surface area (Å²) in [7, 11) is 4.05. The number of hydrogen-bond acceptors (Lipinski definition) is 3. The zero-order valence-corrected chi connectivity index (χ0v) is 6.89. The van der Waals surface area contributed by atoms with Crippen LogP contribution in [0.25, 0.3) is 0 Å². The molecule has 1 unspecified atom stereocenters. The molecule has 1 N–H and O–H groups in total. The van der Waals surface area contributed by atoms with Gasteiger partial charge in [-0.3, -0.25) is 0 Å². The van der Waals surface area contributed by atoms with E-state index in [2.05, 4.69) is 17.1 Å². The van der Waals surface area contributed by atoms with Gasteiger partial charge in [0.15, 0.2) is 0 Å². The van der Waals surface area contributed by atoms with Crippen LogP contribution in [0.5, 0.6) is 0 Å². The number of nitrogens with zero attached hydrogens (tertiary/aromatic N) is 2. The Morgan fingerprint density at radius 2 is 2.20 bits per heavy atom. The molecule has 0 aromatic carbocycles. The second kappa shape index (κ2) is 5.21. The third-order valence-corrected chi connectivity index (χ3v) is 1.53. The van der Waals surface area contributed by atoms with Gasteiger partial charge in [0.05, 0.1) is 12.6 Å². The van der Waals surface area contributed by atoms with Crippen LogP contribution in [0.1, 0.15) is 6.92 Å². The smallest absolute Gasteiger partial charge is 0.0841 e. The molecule has 0 spiro atoms. The van der Waals surface area contributed by atoms with Crippen LogP contribution in [0.15, 0.2) is 0 Å². The van der Waals surface area contributed by atoms with Crippen molar-refractivity contribution in [1.82, 2.24) is 10.2 Å². The standard InChI is InChI=1S/C7H15N3/c1-7(10(2)3)6-9-5-4-8/h7,9H,5-6H2,1-3H3. The molecule has 10 heavy (non-hydrogen) atoms. The molecule has 0 heterocycles. The fraction of sp³-hybridized carbons (Fsp3) is 0.857. The van der Waals surface area contributed by atoms with Crippen LogP contribution in [0, 0.1) is 11.3 Å². The predicted octanol–water partition coefficient (Wildman–Crippen LogP) is 0.0497. The fourth-order valence-corrected chi connectivity index (χ4v) is 0.520. The summed E-state index contributed by atoms with van der Waals surface area (Å²) in [4.78, 5) is 2.12. The maximum absolute atomic E-state index is 8.19. The summed E-state index contributed by atoms with van der Waals surface area (Å²) in [6.07, 6.45) is 0. The molecule has 0 rings (SSSR count). The van der Waals surface area contributed by atoms with Gasteiger partial charge in [-0.15, -0.1) is 0 Å². The SMILES string of the molecule is CC(CNCC#N)N(C)C. The van der Waals surface area contributed by atoms with E-state index in [-0.39, 0.29) is 0 Å². The quantitative estimate of drug-likeness (QED) is 0.444. The highest BCUT2D eigenvalue weighted by molar-refractivity contribution is 4.74. The van der Waals surface area contributed by atoms with Gasteiger partial charge in [-0.25, -0.2) is 0 Å². The second-order valence-corrected chi connectivity index (χ2v) is 2.60. The Bertz CT molecular complexity index is 115. The van der Waals surface area contributed by atoms with Gasteiger partial charge in [0.2, 0.25) is 0 Å². The van der Waals surface area contributed by atoms with Crippen molar-refractivity contribution >= 4 is 0 Å². The zero-order valence-electron chi connectivity index (χ0n) is 6.89. The molecule has 0 aromatic heterocycles. The molecule has 58 valence electrons. The summed E-state index contributed by atoms with van der Waals surface area (Å²) < 4.78 is 0. The Labute approximate surface area is 62.6 Å². The summed E-state index contributed by atoms with van der Waals surface area (Å²) in [6, 6.07) is 2.53. The Morgan fingerprint density at radius 1 is 1.60 bits per heavy atom. The third-order valence-electron chi connectivity index (χ3n) is 1.53. The molecule has 0 aliphatic carbocycles. The van der Waals surface area contributed by atoms with E-state index in [0.29, 0.717) is 12.6 Å². The van der Waals surface area contributed by atoms with Crippen molar-refractivity contribution in [2.75, 3.05) is 27.2 Å². The van der Waals surface area contributed by atoms with Crippen LogP contribution in [0.2, 0.25) is 0 Å². The largest absolute Gasteiger partial charge is 0.305 e. The second-order valence-electron chi connectivity index (χ2n) is 2.60. The van der Waals surface area contributed by atoms with Crippen LogP contribution >= 0.6 is 0 Å². The molecular formula is C7H15N3. The van der Waals surface area contributed by atoms with Crippen LogP contribution in [0.3, 0.4) is 0 Å². The first-order valence-corrected chi connectivity index (χ1v) is 3.42. The number of nitrogens with one attached hydrogen (secondary N) is 1. The lowest BCUT2D eigenvalue weighted by molar-refractivity contribution is 0.306.